The monoisotopic (exact) mass is 526 g/mol. The summed E-state index contributed by atoms with van der Waals surface area (Å²) in [6, 6.07) is 14.1. The van der Waals surface area contributed by atoms with Crippen molar-refractivity contribution in [1.29, 1.82) is 0 Å². The minimum absolute atomic E-state index is 0.0473. The van der Waals surface area contributed by atoms with E-state index in [0.29, 0.717) is 12.6 Å². The molecule has 0 bridgehead atoms. The van der Waals surface area contributed by atoms with Gasteiger partial charge in [-0.15, -0.1) is 10.2 Å². The smallest absolute Gasteiger partial charge is 0.234 e. The van der Waals surface area contributed by atoms with Gasteiger partial charge in [0.25, 0.3) is 0 Å². The number of unbranched alkanes of at least 4 members (excludes halogenated alkanes) is 1. The van der Waals surface area contributed by atoms with E-state index < -0.39 is 0 Å². The second kappa shape index (κ2) is 13.2. The summed E-state index contributed by atoms with van der Waals surface area (Å²) in [6.45, 7) is 4.47. The highest BCUT2D eigenvalue weighted by atomic mass is 35.5. The Kier molecular flexibility index (Phi) is 9.70. The van der Waals surface area contributed by atoms with Gasteiger partial charge >= 0.3 is 0 Å². The molecule has 36 heavy (non-hydrogen) atoms. The first-order valence-corrected chi connectivity index (χ1v) is 14.2. The Labute approximate surface area is 223 Å². The number of hydrogen-bond donors (Lipinski definition) is 1. The number of hydrogen-bond acceptors (Lipinski definition) is 5. The first kappa shape index (κ1) is 26.6. The molecule has 0 unspecified atom stereocenters. The van der Waals surface area contributed by atoms with Crippen LogP contribution in [0.25, 0.3) is 0 Å². The predicted octanol–water partition coefficient (Wildman–Crippen LogP) is 7.40. The fourth-order valence-electron chi connectivity index (χ4n) is 4.53. The van der Waals surface area contributed by atoms with Crippen LogP contribution in [-0.4, -0.2) is 26.4 Å². The minimum Gasteiger partial charge on any atom is -0.486 e. The Morgan fingerprint density at radius 1 is 1.14 bits per heavy atom. The van der Waals surface area contributed by atoms with Crippen LogP contribution in [-0.2, 0) is 17.8 Å². The number of ether oxygens (including phenoxy) is 1. The molecule has 1 amide bonds. The lowest BCUT2D eigenvalue weighted by Crippen LogP contribution is -2.19. The van der Waals surface area contributed by atoms with Crippen LogP contribution in [0.15, 0.2) is 47.6 Å². The number of thioether (sulfide) groups is 1. The molecule has 0 atom stereocenters. The summed E-state index contributed by atoms with van der Waals surface area (Å²) in [4.78, 5) is 12.7. The molecule has 1 N–H and O–H groups in total. The summed E-state index contributed by atoms with van der Waals surface area (Å²) in [5.74, 6) is 1.78. The molecular formula is C28H35ClN4O2S. The lowest BCUT2D eigenvalue weighted by molar-refractivity contribution is -0.113. The van der Waals surface area contributed by atoms with E-state index in [1.165, 1.54) is 49.4 Å². The first-order valence-electron chi connectivity index (χ1n) is 12.9. The molecule has 0 aliphatic heterocycles. The van der Waals surface area contributed by atoms with Crippen LogP contribution in [0.5, 0.6) is 5.75 Å². The van der Waals surface area contributed by atoms with Crippen LogP contribution < -0.4 is 10.1 Å². The predicted molar refractivity (Wildman–Crippen MR) is 147 cm³/mol. The van der Waals surface area contributed by atoms with Gasteiger partial charge in [0.05, 0.1) is 5.75 Å². The normalized spacial score (nSPS) is 14.1. The number of rotatable bonds is 11. The topological polar surface area (TPSA) is 69.0 Å². The second-order valence-electron chi connectivity index (χ2n) is 9.40. The number of carbonyl (C=O) groups is 1. The molecule has 1 heterocycles. The van der Waals surface area contributed by atoms with Gasteiger partial charge in [0.2, 0.25) is 5.91 Å². The molecule has 1 fully saturated rings. The lowest BCUT2D eigenvalue weighted by Gasteiger charge is -2.25. The Morgan fingerprint density at radius 3 is 2.64 bits per heavy atom. The number of amides is 1. The van der Waals surface area contributed by atoms with Crippen LogP contribution in [0, 0.1) is 6.92 Å². The van der Waals surface area contributed by atoms with Crippen molar-refractivity contribution in [3.8, 4) is 5.75 Å². The molecule has 1 aromatic heterocycles. The molecule has 2 aromatic carbocycles. The van der Waals surface area contributed by atoms with E-state index in [1.807, 2.05) is 37.3 Å². The third kappa shape index (κ3) is 7.26. The number of aryl methyl sites for hydroxylation is 2. The number of nitrogens with one attached hydrogen (secondary N) is 1. The van der Waals surface area contributed by atoms with Gasteiger partial charge in [0.1, 0.15) is 12.4 Å². The fourth-order valence-corrected chi connectivity index (χ4v) is 5.47. The molecule has 3 aromatic rings. The highest BCUT2D eigenvalue weighted by Crippen LogP contribution is 2.33. The van der Waals surface area contributed by atoms with Gasteiger partial charge in [-0.1, -0.05) is 68.1 Å². The molecule has 0 spiro atoms. The average molecular weight is 527 g/mol. The zero-order chi connectivity index (χ0) is 25.3. The molecule has 8 heteroatoms. The molecule has 1 aliphatic carbocycles. The van der Waals surface area contributed by atoms with Gasteiger partial charge in [0.15, 0.2) is 11.0 Å². The van der Waals surface area contributed by atoms with Crippen molar-refractivity contribution in [2.45, 2.75) is 83.0 Å². The summed E-state index contributed by atoms with van der Waals surface area (Å²) in [5.41, 5.74) is 3.09. The molecule has 192 valence electrons. The van der Waals surface area contributed by atoms with E-state index in [9.17, 15) is 4.79 Å². The standard InChI is InChI=1S/C28H35ClN4O2S/c1-3-4-8-21-11-13-22(14-12-21)30-27(34)19-36-28-32-31-26(33(28)23-9-6-5-7-10-23)18-35-24-15-16-25(29)20(2)17-24/h11-17,23H,3-10,18-19H2,1-2H3,(H,30,34). The molecule has 1 saturated carbocycles. The third-order valence-corrected chi connectivity index (χ3v) is 7.93. The van der Waals surface area contributed by atoms with Crippen molar-refractivity contribution in [1.82, 2.24) is 14.8 Å². The van der Waals surface area contributed by atoms with E-state index in [-0.39, 0.29) is 11.7 Å². The number of anilines is 1. The summed E-state index contributed by atoms with van der Waals surface area (Å²) in [6.07, 6.45) is 9.26. The quantitative estimate of drug-likeness (QED) is 0.264. The Hall–Kier alpha value is -2.51. The van der Waals surface area contributed by atoms with Crippen molar-refractivity contribution in [2.75, 3.05) is 11.1 Å². The minimum atomic E-state index is -0.0473. The zero-order valence-corrected chi connectivity index (χ0v) is 22.7. The van der Waals surface area contributed by atoms with Gasteiger partial charge in [0, 0.05) is 16.8 Å². The van der Waals surface area contributed by atoms with Crippen molar-refractivity contribution in [3.05, 3.63) is 64.4 Å². The maximum Gasteiger partial charge on any atom is 0.234 e. The molecule has 0 saturated heterocycles. The van der Waals surface area contributed by atoms with Gasteiger partial charge in [-0.3, -0.25) is 9.36 Å². The van der Waals surface area contributed by atoms with Crippen LogP contribution in [0.4, 0.5) is 5.69 Å². The molecule has 4 rings (SSSR count). The van der Waals surface area contributed by atoms with E-state index in [4.69, 9.17) is 16.3 Å². The van der Waals surface area contributed by atoms with Crippen molar-refractivity contribution < 1.29 is 9.53 Å². The van der Waals surface area contributed by atoms with Gasteiger partial charge in [-0.2, -0.15) is 0 Å². The summed E-state index contributed by atoms with van der Waals surface area (Å²) in [5, 5.41) is 13.4. The summed E-state index contributed by atoms with van der Waals surface area (Å²) in [7, 11) is 0. The third-order valence-electron chi connectivity index (χ3n) is 6.56. The largest absolute Gasteiger partial charge is 0.486 e. The SMILES string of the molecule is CCCCc1ccc(NC(=O)CSc2nnc(COc3ccc(Cl)c(C)c3)n2C2CCCCC2)cc1. The van der Waals surface area contributed by atoms with Crippen molar-refractivity contribution in [3.63, 3.8) is 0 Å². The van der Waals surface area contributed by atoms with Crippen LogP contribution in [0.1, 0.15) is 74.9 Å². The first-order chi connectivity index (χ1) is 17.5. The van der Waals surface area contributed by atoms with Crippen molar-refractivity contribution in [2.24, 2.45) is 0 Å². The van der Waals surface area contributed by atoms with E-state index in [2.05, 4.69) is 39.1 Å². The van der Waals surface area contributed by atoms with E-state index >= 15 is 0 Å². The van der Waals surface area contributed by atoms with Crippen molar-refractivity contribution >= 4 is 35.0 Å². The van der Waals surface area contributed by atoms with Crippen LogP contribution >= 0.6 is 23.4 Å². The summed E-state index contributed by atoms with van der Waals surface area (Å²) >= 11 is 7.58. The zero-order valence-electron chi connectivity index (χ0n) is 21.1. The van der Waals surface area contributed by atoms with E-state index in [0.717, 1.165) is 52.3 Å². The van der Waals surface area contributed by atoms with Gasteiger partial charge < -0.3 is 10.1 Å². The maximum atomic E-state index is 12.7. The molecular weight excluding hydrogens is 492 g/mol. The van der Waals surface area contributed by atoms with Gasteiger partial charge in [-0.25, -0.2) is 0 Å². The fraction of sp³-hybridized carbons (Fsp3) is 0.464. The molecule has 1 aliphatic rings. The number of halogens is 1. The highest BCUT2D eigenvalue weighted by molar-refractivity contribution is 7.99. The molecule has 6 nitrogen and oxygen atoms in total. The number of aromatic nitrogens is 3. The average Bonchev–Trinajstić information content (AvgIpc) is 3.31. The Bertz CT molecular complexity index is 1140. The number of benzene rings is 2. The molecule has 0 radical (unpaired) electrons. The second-order valence-corrected chi connectivity index (χ2v) is 10.7. The Morgan fingerprint density at radius 2 is 1.92 bits per heavy atom. The van der Waals surface area contributed by atoms with E-state index in [1.54, 1.807) is 0 Å². The lowest BCUT2D eigenvalue weighted by atomic mass is 9.95. The maximum absolute atomic E-state index is 12.7. The Balaban J connectivity index is 1.40. The number of carbonyl (C=O) groups excluding carboxylic acids is 1. The van der Waals surface area contributed by atoms with Crippen LogP contribution in [0.2, 0.25) is 5.02 Å². The summed E-state index contributed by atoms with van der Waals surface area (Å²) < 4.78 is 8.24. The van der Waals surface area contributed by atoms with Crippen LogP contribution in [0.3, 0.4) is 0 Å². The van der Waals surface area contributed by atoms with Gasteiger partial charge in [-0.05, 0) is 74.1 Å². The number of nitrogens with zero attached hydrogens (tertiary/aromatic N) is 3. The highest BCUT2D eigenvalue weighted by Gasteiger charge is 2.24.